The number of ether oxygens (including phenoxy) is 2. The Bertz CT molecular complexity index is 562. The van der Waals surface area contributed by atoms with Crippen LogP contribution in [0.15, 0.2) is 30.9 Å². The van der Waals surface area contributed by atoms with E-state index in [0.29, 0.717) is 6.61 Å². The lowest BCUT2D eigenvalue weighted by Crippen LogP contribution is -2.15. The van der Waals surface area contributed by atoms with E-state index in [1.165, 1.54) is 6.08 Å². The number of carbonyl (C=O) groups is 3. The first kappa shape index (κ1) is 16.4. The molecule has 0 radical (unpaired) electrons. The lowest BCUT2D eigenvalue weighted by Gasteiger charge is -2.08. The van der Waals surface area contributed by atoms with Gasteiger partial charge in [0.1, 0.15) is 6.61 Å². The smallest absolute Gasteiger partial charge is 0.339 e. The molecule has 0 aliphatic carbocycles. The van der Waals surface area contributed by atoms with Gasteiger partial charge >= 0.3 is 17.9 Å². The predicted molar refractivity (Wildman–Crippen MR) is 71.7 cm³/mol. The molecule has 0 fully saturated rings. The molecular weight excluding hydrogens is 280 g/mol. The molecule has 7 heteroatoms. The van der Waals surface area contributed by atoms with E-state index < -0.39 is 17.9 Å². The van der Waals surface area contributed by atoms with Gasteiger partial charge in [0.25, 0.3) is 0 Å². The van der Waals surface area contributed by atoms with E-state index in [1.54, 1.807) is 0 Å². The number of hydrogen-bond donors (Lipinski definition) is 2. The lowest BCUT2D eigenvalue weighted by atomic mass is 10.0. The van der Waals surface area contributed by atoms with Gasteiger partial charge in [0.2, 0.25) is 0 Å². The zero-order valence-corrected chi connectivity index (χ0v) is 11.1. The molecule has 2 N–H and O–H groups in total. The molecular formula is C14H14O7. The zero-order chi connectivity index (χ0) is 15.8. The van der Waals surface area contributed by atoms with E-state index in [4.69, 9.17) is 19.7 Å². The van der Waals surface area contributed by atoms with Crippen LogP contribution in [0, 0.1) is 0 Å². The minimum Gasteiger partial charge on any atom is -0.478 e. The van der Waals surface area contributed by atoms with Gasteiger partial charge in [-0.2, -0.15) is 0 Å². The summed E-state index contributed by atoms with van der Waals surface area (Å²) in [6, 6.07) is 3.13. The minimum absolute atomic E-state index is 0.0803. The molecule has 0 aliphatic rings. The van der Waals surface area contributed by atoms with Crippen LogP contribution in [0.3, 0.4) is 0 Å². The number of aromatic carboxylic acids is 2. The normalized spacial score (nSPS) is 9.90. The molecule has 0 aromatic heterocycles. The summed E-state index contributed by atoms with van der Waals surface area (Å²) in [6.45, 7) is 3.79. The third-order valence-corrected chi connectivity index (χ3v) is 2.41. The van der Waals surface area contributed by atoms with E-state index >= 15 is 0 Å². The van der Waals surface area contributed by atoms with Gasteiger partial charge in [-0.25, -0.2) is 14.4 Å². The van der Waals surface area contributed by atoms with Crippen LogP contribution < -0.4 is 0 Å². The molecule has 1 aromatic carbocycles. The van der Waals surface area contributed by atoms with Crippen LogP contribution in [0.1, 0.15) is 31.1 Å². The summed E-state index contributed by atoms with van der Waals surface area (Å²) in [5, 5.41) is 17.9. The van der Waals surface area contributed by atoms with Gasteiger partial charge in [-0.15, -0.1) is 6.58 Å². The predicted octanol–water partition coefficient (Wildman–Crippen LogP) is 1.44. The Morgan fingerprint density at radius 1 is 1.10 bits per heavy atom. The molecule has 0 atom stereocenters. The Morgan fingerprint density at radius 3 is 2.38 bits per heavy atom. The maximum Gasteiger partial charge on any atom is 0.339 e. The zero-order valence-electron chi connectivity index (χ0n) is 11.1. The highest BCUT2D eigenvalue weighted by Gasteiger charge is 2.20. The Hall–Kier alpha value is -2.67. The Balaban J connectivity index is 2.85. The van der Waals surface area contributed by atoms with Crippen molar-refractivity contribution < 1.29 is 34.1 Å². The number of benzene rings is 1. The summed E-state index contributed by atoms with van der Waals surface area (Å²) in [4.78, 5) is 33.7. The lowest BCUT2D eigenvalue weighted by molar-refractivity contribution is 0.0348. The Kier molecular flexibility index (Phi) is 6.09. The number of rotatable bonds is 8. The van der Waals surface area contributed by atoms with Crippen molar-refractivity contribution in [2.45, 2.75) is 0 Å². The fourth-order valence-corrected chi connectivity index (χ4v) is 1.47. The van der Waals surface area contributed by atoms with Crippen LogP contribution in [-0.4, -0.2) is 47.9 Å². The number of esters is 1. The Morgan fingerprint density at radius 2 is 1.81 bits per heavy atom. The van der Waals surface area contributed by atoms with E-state index in [2.05, 4.69) is 6.58 Å². The van der Waals surface area contributed by atoms with Crippen molar-refractivity contribution in [3.05, 3.63) is 47.5 Å². The molecule has 7 nitrogen and oxygen atoms in total. The van der Waals surface area contributed by atoms with Crippen LogP contribution in [0.2, 0.25) is 0 Å². The van der Waals surface area contributed by atoms with Crippen LogP contribution in [0.25, 0.3) is 0 Å². The van der Waals surface area contributed by atoms with Crippen molar-refractivity contribution in [1.29, 1.82) is 0 Å². The van der Waals surface area contributed by atoms with E-state index in [0.717, 1.165) is 18.2 Å². The van der Waals surface area contributed by atoms with Crippen molar-refractivity contribution in [1.82, 2.24) is 0 Å². The molecule has 0 bridgehead atoms. The van der Waals surface area contributed by atoms with Crippen molar-refractivity contribution in [3.8, 4) is 0 Å². The molecule has 1 aromatic rings. The van der Waals surface area contributed by atoms with Crippen molar-refractivity contribution in [2.75, 3.05) is 19.8 Å². The fraction of sp³-hybridized carbons (Fsp3) is 0.214. The quantitative estimate of drug-likeness (QED) is 0.424. The first-order chi connectivity index (χ1) is 9.97. The number of hydrogen-bond acceptors (Lipinski definition) is 5. The molecule has 0 aliphatic heterocycles. The van der Waals surface area contributed by atoms with Crippen molar-refractivity contribution in [3.63, 3.8) is 0 Å². The third kappa shape index (κ3) is 4.73. The molecule has 1 rings (SSSR count). The molecule has 0 saturated carbocycles. The first-order valence-corrected chi connectivity index (χ1v) is 5.93. The van der Waals surface area contributed by atoms with Gasteiger partial charge in [-0.05, 0) is 18.2 Å². The highest BCUT2D eigenvalue weighted by Crippen LogP contribution is 2.14. The van der Waals surface area contributed by atoms with Crippen LogP contribution >= 0.6 is 0 Å². The van der Waals surface area contributed by atoms with E-state index in [1.807, 2.05) is 0 Å². The molecule has 0 unspecified atom stereocenters. The van der Waals surface area contributed by atoms with Gasteiger partial charge in [0.05, 0.1) is 29.9 Å². The van der Waals surface area contributed by atoms with Crippen molar-refractivity contribution in [2.24, 2.45) is 0 Å². The number of carboxylic acid groups (broad SMARTS) is 2. The summed E-state index contributed by atoms with van der Waals surface area (Å²) in [5.41, 5.74) is -0.835. The van der Waals surface area contributed by atoms with Gasteiger partial charge in [0, 0.05) is 0 Å². The number of carboxylic acids is 2. The maximum absolute atomic E-state index is 11.8. The second-order valence-electron chi connectivity index (χ2n) is 3.87. The summed E-state index contributed by atoms with van der Waals surface area (Å²) in [6.07, 6.45) is 1.53. The summed E-state index contributed by atoms with van der Waals surface area (Å²) < 4.78 is 9.85. The van der Waals surface area contributed by atoms with E-state index in [9.17, 15) is 14.4 Å². The van der Waals surface area contributed by atoms with Gasteiger partial charge in [-0.1, -0.05) is 6.08 Å². The highest BCUT2D eigenvalue weighted by molar-refractivity contribution is 6.04. The van der Waals surface area contributed by atoms with Crippen LogP contribution in [0.5, 0.6) is 0 Å². The maximum atomic E-state index is 11.8. The first-order valence-electron chi connectivity index (χ1n) is 5.93. The van der Waals surface area contributed by atoms with Gasteiger partial charge < -0.3 is 19.7 Å². The molecule has 21 heavy (non-hydrogen) atoms. The Labute approximate surface area is 120 Å². The standard InChI is InChI=1S/C14H14O7/c1-2-5-20-6-7-21-14(19)11-8-9(12(15)16)3-4-10(11)13(17)18/h2-4,8H,1,5-7H2,(H,15,16)(H,17,18). The van der Waals surface area contributed by atoms with E-state index in [-0.39, 0.29) is 29.9 Å². The molecule has 112 valence electrons. The topological polar surface area (TPSA) is 110 Å². The van der Waals surface area contributed by atoms with Crippen LogP contribution in [0.4, 0.5) is 0 Å². The fourth-order valence-electron chi connectivity index (χ4n) is 1.47. The van der Waals surface area contributed by atoms with Gasteiger partial charge in [0.15, 0.2) is 0 Å². The average Bonchev–Trinajstić information content (AvgIpc) is 2.46. The summed E-state index contributed by atoms with van der Waals surface area (Å²) >= 11 is 0. The number of carbonyl (C=O) groups excluding carboxylic acids is 1. The molecule has 0 heterocycles. The minimum atomic E-state index is -1.35. The molecule has 0 spiro atoms. The molecule has 0 saturated heterocycles. The summed E-state index contributed by atoms with van der Waals surface area (Å²) in [7, 11) is 0. The largest absolute Gasteiger partial charge is 0.478 e. The van der Waals surface area contributed by atoms with Crippen molar-refractivity contribution >= 4 is 17.9 Å². The van der Waals surface area contributed by atoms with Crippen LogP contribution in [-0.2, 0) is 9.47 Å². The monoisotopic (exact) mass is 294 g/mol. The molecule has 0 amide bonds. The third-order valence-electron chi connectivity index (χ3n) is 2.41. The SMILES string of the molecule is C=CCOCCOC(=O)c1cc(C(=O)O)ccc1C(=O)O. The average molecular weight is 294 g/mol. The van der Waals surface area contributed by atoms with Gasteiger partial charge in [-0.3, -0.25) is 0 Å². The second-order valence-corrected chi connectivity index (χ2v) is 3.87. The highest BCUT2D eigenvalue weighted by atomic mass is 16.6. The summed E-state index contributed by atoms with van der Waals surface area (Å²) in [5.74, 6) is -3.53. The second kappa shape index (κ2) is 7.81.